The maximum Gasteiger partial charge on any atom is 0.353 e. The van der Waals surface area contributed by atoms with Crippen LogP contribution in [0, 0.1) is 0 Å². The Labute approximate surface area is 216 Å². The zero-order valence-electron chi connectivity index (χ0n) is 20.9. The van der Waals surface area contributed by atoms with Crippen molar-refractivity contribution in [3.8, 4) is 5.69 Å². The molecule has 0 saturated carbocycles. The molecule has 1 saturated heterocycles. The lowest BCUT2D eigenvalue weighted by Gasteiger charge is -2.44. The highest BCUT2D eigenvalue weighted by atomic mass is 32.2. The number of thioether (sulfide) groups is 1. The number of amides is 1. The van der Waals surface area contributed by atoms with Gasteiger partial charge in [-0.1, -0.05) is 30.0 Å². The van der Waals surface area contributed by atoms with Gasteiger partial charge >= 0.3 is 23.6 Å². The number of aromatic nitrogens is 3. The number of hydrogen-bond acceptors (Lipinski definition) is 11. The number of benzene rings is 1. The van der Waals surface area contributed by atoms with Gasteiger partial charge in [-0.3, -0.25) is 19.2 Å². The van der Waals surface area contributed by atoms with Crippen LogP contribution in [0.3, 0.4) is 0 Å². The van der Waals surface area contributed by atoms with Crippen LogP contribution in [0.25, 0.3) is 5.69 Å². The van der Waals surface area contributed by atoms with E-state index in [4.69, 9.17) is 18.9 Å². The molecule has 2 heterocycles. The molecule has 1 N–H and O–H groups in total. The smallest absolute Gasteiger partial charge is 0.353 e. The second kappa shape index (κ2) is 12.1. The Kier molecular flexibility index (Phi) is 9.10. The van der Waals surface area contributed by atoms with E-state index in [1.807, 2.05) is 0 Å². The van der Waals surface area contributed by atoms with Gasteiger partial charge in [-0.2, -0.15) is 4.68 Å². The van der Waals surface area contributed by atoms with Gasteiger partial charge in [-0.25, -0.2) is 9.36 Å². The van der Waals surface area contributed by atoms with Crippen LogP contribution in [0.1, 0.15) is 33.9 Å². The molecule has 1 aliphatic rings. The second-order valence-corrected chi connectivity index (χ2v) is 8.90. The van der Waals surface area contributed by atoms with Crippen LogP contribution in [0.5, 0.6) is 0 Å². The van der Waals surface area contributed by atoms with Crippen molar-refractivity contribution in [2.24, 2.45) is 0 Å². The molecule has 0 radical (unpaired) electrons. The number of esters is 3. The Morgan fingerprint density at radius 2 is 1.62 bits per heavy atom. The first kappa shape index (κ1) is 27.9. The van der Waals surface area contributed by atoms with Gasteiger partial charge in [-0.05, 0) is 18.4 Å². The van der Waals surface area contributed by atoms with Gasteiger partial charge in [0.25, 0.3) is 0 Å². The number of carbonyl (C=O) groups is 4. The van der Waals surface area contributed by atoms with Crippen molar-refractivity contribution >= 4 is 35.6 Å². The van der Waals surface area contributed by atoms with E-state index in [-0.39, 0.29) is 0 Å². The van der Waals surface area contributed by atoms with Crippen molar-refractivity contribution in [2.45, 2.75) is 63.4 Å². The highest BCUT2D eigenvalue weighted by molar-refractivity contribution is 7.98. The molecule has 37 heavy (non-hydrogen) atoms. The Morgan fingerprint density at radius 3 is 2.16 bits per heavy atom. The van der Waals surface area contributed by atoms with Crippen molar-refractivity contribution in [1.29, 1.82) is 0 Å². The molecule has 3 rings (SSSR count). The van der Waals surface area contributed by atoms with Crippen LogP contribution in [-0.4, -0.2) is 75.4 Å². The van der Waals surface area contributed by atoms with E-state index in [0.717, 1.165) is 18.5 Å². The zero-order chi connectivity index (χ0) is 27.3. The normalized spacial score (nSPS) is 23.1. The molecule has 14 heteroatoms. The first-order valence-corrected chi connectivity index (χ1v) is 12.5. The summed E-state index contributed by atoms with van der Waals surface area (Å²) in [4.78, 5) is 61.3. The molecule has 1 aromatic heterocycles. The monoisotopic (exact) mass is 536 g/mol. The Morgan fingerprint density at radius 1 is 1.00 bits per heavy atom. The predicted molar refractivity (Wildman–Crippen MR) is 129 cm³/mol. The zero-order valence-corrected chi connectivity index (χ0v) is 21.7. The van der Waals surface area contributed by atoms with Gasteiger partial charge < -0.3 is 24.3 Å². The van der Waals surface area contributed by atoms with Gasteiger partial charge in [0.1, 0.15) is 18.8 Å². The van der Waals surface area contributed by atoms with Crippen molar-refractivity contribution in [2.75, 3.05) is 12.9 Å². The standard InChI is InChI=1S/C23H28N4O9S/c1-12(28)24-18-20(35-15(4)31)19(34-14(3)30)17(11-33-13(2)29)36-21(18)27-23(32)26(22(25-27)37-5)16-9-7-6-8-10-16/h6-10,17-21H,11H2,1-5H3,(H,24,28)/t17-,18-,19-,20-,21-/m1/s1. The van der Waals surface area contributed by atoms with E-state index in [1.54, 1.807) is 36.6 Å². The molecule has 1 amide bonds. The number of rotatable bonds is 8. The molecule has 0 spiro atoms. The first-order valence-electron chi connectivity index (χ1n) is 11.2. The summed E-state index contributed by atoms with van der Waals surface area (Å²) in [5.74, 6) is -2.63. The van der Waals surface area contributed by atoms with Gasteiger partial charge in [0.2, 0.25) is 5.91 Å². The van der Waals surface area contributed by atoms with Crippen LogP contribution >= 0.6 is 11.8 Å². The summed E-state index contributed by atoms with van der Waals surface area (Å²) in [7, 11) is 0. The van der Waals surface area contributed by atoms with E-state index in [1.165, 1.54) is 30.2 Å². The lowest BCUT2D eigenvalue weighted by atomic mass is 9.95. The molecule has 0 bridgehead atoms. The van der Waals surface area contributed by atoms with Crippen LogP contribution in [0.4, 0.5) is 0 Å². The molecule has 1 aromatic carbocycles. The third-order valence-electron chi connectivity index (χ3n) is 5.30. The highest BCUT2D eigenvalue weighted by Gasteiger charge is 2.52. The number of para-hydroxylation sites is 1. The van der Waals surface area contributed by atoms with Crippen LogP contribution in [0.15, 0.2) is 40.3 Å². The van der Waals surface area contributed by atoms with Crippen molar-refractivity contribution in [1.82, 2.24) is 19.7 Å². The average Bonchev–Trinajstić information content (AvgIpc) is 3.16. The summed E-state index contributed by atoms with van der Waals surface area (Å²) >= 11 is 1.20. The summed E-state index contributed by atoms with van der Waals surface area (Å²) in [6, 6.07) is 7.56. The quantitative estimate of drug-likeness (QED) is 0.286. The number of hydrogen-bond donors (Lipinski definition) is 1. The Hall–Kier alpha value is -3.65. The highest BCUT2D eigenvalue weighted by Crippen LogP contribution is 2.32. The van der Waals surface area contributed by atoms with E-state index in [9.17, 15) is 24.0 Å². The summed E-state index contributed by atoms with van der Waals surface area (Å²) in [5.41, 5.74) is -0.0598. The summed E-state index contributed by atoms with van der Waals surface area (Å²) in [6.45, 7) is 4.30. The maximum absolute atomic E-state index is 13.6. The van der Waals surface area contributed by atoms with Crippen LogP contribution < -0.4 is 11.0 Å². The largest absolute Gasteiger partial charge is 0.463 e. The molecule has 2 aromatic rings. The third-order valence-corrected chi connectivity index (χ3v) is 5.93. The van der Waals surface area contributed by atoms with Gasteiger partial charge in [0.05, 0.1) is 5.69 Å². The van der Waals surface area contributed by atoms with Gasteiger partial charge in [0, 0.05) is 27.7 Å². The second-order valence-electron chi connectivity index (χ2n) is 8.13. The van der Waals surface area contributed by atoms with E-state index >= 15 is 0 Å². The van der Waals surface area contributed by atoms with Crippen LogP contribution in [-0.2, 0) is 38.1 Å². The first-order chi connectivity index (χ1) is 17.5. The van der Waals surface area contributed by atoms with Gasteiger partial charge in [-0.15, -0.1) is 5.10 Å². The number of ether oxygens (including phenoxy) is 4. The Bertz CT molecular complexity index is 1210. The summed E-state index contributed by atoms with van der Waals surface area (Å²) in [6.07, 6.45) is -3.35. The molecule has 1 fully saturated rings. The van der Waals surface area contributed by atoms with Crippen molar-refractivity contribution in [3.05, 3.63) is 40.8 Å². The van der Waals surface area contributed by atoms with Gasteiger partial charge in [0.15, 0.2) is 23.6 Å². The lowest BCUT2D eigenvalue weighted by Crippen LogP contribution is -2.65. The molecule has 0 aliphatic carbocycles. The minimum Gasteiger partial charge on any atom is -0.463 e. The maximum atomic E-state index is 13.6. The lowest BCUT2D eigenvalue weighted by molar-refractivity contribution is -0.239. The summed E-state index contributed by atoms with van der Waals surface area (Å²) in [5, 5.41) is 7.37. The molecule has 0 unspecified atom stereocenters. The topological polar surface area (TPSA) is 157 Å². The number of nitrogens with zero attached hydrogens (tertiary/aromatic N) is 3. The molecular formula is C23H28N4O9S. The third kappa shape index (κ3) is 6.57. The molecule has 1 aliphatic heterocycles. The number of carbonyl (C=O) groups excluding carboxylic acids is 4. The predicted octanol–water partition coefficient (Wildman–Crippen LogP) is 0.585. The van der Waals surface area contributed by atoms with Crippen molar-refractivity contribution < 1.29 is 38.1 Å². The number of nitrogens with one attached hydrogen (secondary N) is 1. The minimum absolute atomic E-state index is 0.323. The fourth-order valence-electron chi connectivity index (χ4n) is 3.98. The minimum atomic E-state index is -1.33. The fraction of sp³-hybridized carbons (Fsp3) is 0.478. The van der Waals surface area contributed by atoms with E-state index in [2.05, 4.69) is 10.4 Å². The molecule has 13 nitrogen and oxygen atoms in total. The molecule has 5 atom stereocenters. The molecular weight excluding hydrogens is 508 g/mol. The van der Waals surface area contributed by atoms with Crippen LogP contribution in [0.2, 0.25) is 0 Å². The molecule has 200 valence electrons. The Balaban J connectivity index is 2.18. The SMILES string of the molecule is CSc1nn([C@@H]2O[C@H](COC(C)=O)[C@@H](OC(C)=O)[C@H](OC(C)=O)[C@H]2NC(C)=O)c(=O)n1-c1ccccc1. The average molecular weight is 537 g/mol. The van der Waals surface area contributed by atoms with E-state index < -0.39 is 66.7 Å². The van der Waals surface area contributed by atoms with E-state index in [0.29, 0.717) is 10.8 Å². The fourth-order valence-corrected chi connectivity index (χ4v) is 4.51. The summed E-state index contributed by atoms with van der Waals surface area (Å²) < 4.78 is 24.5. The van der Waals surface area contributed by atoms with Crippen molar-refractivity contribution in [3.63, 3.8) is 0 Å².